The molecular formula is C17H14N2O2. The van der Waals surface area contributed by atoms with Gasteiger partial charge < -0.3 is 10.1 Å². The van der Waals surface area contributed by atoms with Crippen molar-refractivity contribution in [2.75, 3.05) is 6.61 Å². The van der Waals surface area contributed by atoms with Crippen LogP contribution >= 0.6 is 0 Å². The van der Waals surface area contributed by atoms with Gasteiger partial charge in [-0.2, -0.15) is 5.26 Å². The van der Waals surface area contributed by atoms with Crippen molar-refractivity contribution in [2.45, 2.75) is 13.3 Å². The largest absolute Gasteiger partial charge is 0.395 e. The van der Waals surface area contributed by atoms with Crippen molar-refractivity contribution < 1.29 is 5.11 Å². The van der Waals surface area contributed by atoms with Crippen LogP contribution in [-0.2, 0) is 0 Å². The van der Waals surface area contributed by atoms with Crippen molar-refractivity contribution in [1.82, 2.24) is 4.98 Å². The number of pyridine rings is 1. The lowest BCUT2D eigenvalue weighted by Crippen LogP contribution is -2.12. The number of aromatic nitrogens is 1. The Bertz CT molecular complexity index is 800. The first kappa shape index (κ1) is 14.6. The lowest BCUT2D eigenvalue weighted by Gasteiger charge is -2.05. The van der Waals surface area contributed by atoms with Gasteiger partial charge in [-0.05, 0) is 30.7 Å². The number of hydrogen-bond acceptors (Lipinski definition) is 3. The molecule has 2 N–H and O–H groups in total. The quantitative estimate of drug-likeness (QED) is 0.824. The summed E-state index contributed by atoms with van der Waals surface area (Å²) < 4.78 is 0. The van der Waals surface area contributed by atoms with Crippen molar-refractivity contribution in [3.8, 4) is 29.0 Å². The first-order valence-corrected chi connectivity index (χ1v) is 6.50. The lowest BCUT2D eigenvalue weighted by atomic mass is 10.00. The zero-order chi connectivity index (χ0) is 15.2. The molecule has 104 valence electrons. The average Bonchev–Trinajstić information content (AvgIpc) is 2.47. The second-order valence-corrected chi connectivity index (χ2v) is 4.53. The van der Waals surface area contributed by atoms with Crippen LogP contribution in [0.25, 0.3) is 11.1 Å². The summed E-state index contributed by atoms with van der Waals surface area (Å²) in [7, 11) is 0. The highest BCUT2D eigenvalue weighted by Crippen LogP contribution is 2.22. The van der Waals surface area contributed by atoms with Crippen LogP contribution in [0.5, 0.6) is 0 Å². The number of nitrogens with zero attached hydrogens (tertiary/aromatic N) is 1. The van der Waals surface area contributed by atoms with Crippen molar-refractivity contribution >= 4 is 0 Å². The molecule has 4 heteroatoms. The minimum absolute atomic E-state index is 0.0443. The Balaban J connectivity index is 2.43. The number of aliphatic hydroxyl groups excluding tert-OH is 1. The Morgan fingerprint density at radius 2 is 2.00 bits per heavy atom. The molecule has 4 nitrogen and oxygen atoms in total. The summed E-state index contributed by atoms with van der Waals surface area (Å²) >= 11 is 0. The number of nitriles is 1. The fourth-order valence-electron chi connectivity index (χ4n) is 1.98. The maximum Gasteiger partial charge on any atom is 0.266 e. The van der Waals surface area contributed by atoms with Gasteiger partial charge in [-0.1, -0.05) is 24.0 Å². The smallest absolute Gasteiger partial charge is 0.266 e. The molecule has 2 aromatic rings. The predicted molar refractivity (Wildman–Crippen MR) is 80.5 cm³/mol. The highest BCUT2D eigenvalue weighted by molar-refractivity contribution is 5.70. The Labute approximate surface area is 122 Å². The molecule has 0 unspecified atom stereocenters. The number of hydrogen-bond donors (Lipinski definition) is 2. The Hall–Kier alpha value is -2.82. The maximum atomic E-state index is 11.8. The Morgan fingerprint density at radius 1 is 1.29 bits per heavy atom. The van der Waals surface area contributed by atoms with E-state index < -0.39 is 0 Å². The van der Waals surface area contributed by atoms with E-state index in [1.54, 1.807) is 13.0 Å². The molecule has 0 spiro atoms. The van der Waals surface area contributed by atoms with E-state index >= 15 is 0 Å². The minimum atomic E-state index is -0.376. The molecule has 2 rings (SSSR count). The van der Waals surface area contributed by atoms with Gasteiger partial charge in [-0.25, -0.2) is 0 Å². The molecule has 0 bridgehead atoms. The molecule has 1 aromatic carbocycles. The fraction of sp³-hybridized carbons (Fsp3) is 0.176. The van der Waals surface area contributed by atoms with E-state index in [1.165, 1.54) is 0 Å². The van der Waals surface area contributed by atoms with E-state index in [0.29, 0.717) is 17.7 Å². The van der Waals surface area contributed by atoms with Crippen molar-refractivity contribution in [3.63, 3.8) is 0 Å². The van der Waals surface area contributed by atoms with Crippen LogP contribution in [0.15, 0.2) is 35.1 Å². The fourth-order valence-corrected chi connectivity index (χ4v) is 1.98. The molecule has 0 aliphatic rings. The molecule has 0 radical (unpaired) electrons. The predicted octanol–water partition coefficient (Wildman–Crippen LogP) is 1.96. The normalized spacial score (nSPS) is 9.57. The highest BCUT2D eigenvalue weighted by atomic mass is 16.2. The zero-order valence-corrected chi connectivity index (χ0v) is 11.6. The highest BCUT2D eigenvalue weighted by Gasteiger charge is 2.09. The topological polar surface area (TPSA) is 76.9 Å². The number of H-pyrrole nitrogens is 1. The number of aromatic amines is 1. The molecule has 0 aliphatic heterocycles. The molecular weight excluding hydrogens is 264 g/mol. The molecule has 0 saturated heterocycles. The summed E-state index contributed by atoms with van der Waals surface area (Å²) in [5.41, 5.74) is 2.69. The zero-order valence-electron chi connectivity index (χ0n) is 11.6. The number of benzene rings is 1. The van der Waals surface area contributed by atoms with Gasteiger partial charge in [-0.3, -0.25) is 4.79 Å². The lowest BCUT2D eigenvalue weighted by molar-refractivity contribution is 0.305. The molecule has 0 fully saturated rings. The number of aryl methyl sites for hydroxylation is 1. The van der Waals surface area contributed by atoms with E-state index in [9.17, 15) is 4.79 Å². The van der Waals surface area contributed by atoms with E-state index in [2.05, 4.69) is 16.8 Å². The monoisotopic (exact) mass is 278 g/mol. The van der Waals surface area contributed by atoms with Crippen molar-refractivity contribution in [2.24, 2.45) is 0 Å². The van der Waals surface area contributed by atoms with Crippen LogP contribution in [0.3, 0.4) is 0 Å². The van der Waals surface area contributed by atoms with Crippen LogP contribution in [0, 0.1) is 30.1 Å². The third kappa shape index (κ3) is 3.39. The molecule has 0 amide bonds. The minimum Gasteiger partial charge on any atom is -0.395 e. The van der Waals surface area contributed by atoms with Gasteiger partial charge in [0.2, 0.25) is 0 Å². The third-order valence-electron chi connectivity index (χ3n) is 2.95. The third-order valence-corrected chi connectivity index (χ3v) is 2.95. The van der Waals surface area contributed by atoms with Gasteiger partial charge in [0, 0.05) is 23.2 Å². The maximum absolute atomic E-state index is 11.8. The van der Waals surface area contributed by atoms with E-state index in [0.717, 1.165) is 11.1 Å². The molecule has 0 aliphatic carbocycles. The molecule has 0 atom stereocenters. The van der Waals surface area contributed by atoms with Crippen LogP contribution in [0.1, 0.15) is 23.2 Å². The van der Waals surface area contributed by atoms with Gasteiger partial charge in [0.15, 0.2) is 0 Å². The van der Waals surface area contributed by atoms with Gasteiger partial charge in [-0.15, -0.1) is 0 Å². The van der Waals surface area contributed by atoms with Crippen molar-refractivity contribution in [1.29, 1.82) is 5.26 Å². The van der Waals surface area contributed by atoms with E-state index in [-0.39, 0.29) is 17.7 Å². The Kier molecular flexibility index (Phi) is 4.56. The first-order chi connectivity index (χ1) is 10.2. The molecule has 21 heavy (non-hydrogen) atoms. The van der Waals surface area contributed by atoms with Gasteiger partial charge >= 0.3 is 0 Å². The number of nitrogens with one attached hydrogen (secondary N) is 1. The molecule has 1 heterocycles. The summed E-state index contributed by atoms with van der Waals surface area (Å²) in [6.45, 7) is 1.82. The standard InChI is InChI=1S/C17H14N2O2/c1-12-10-15(16(11-18)17(21)19-12)14-7-5-13(6-8-14)4-2-3-9-20/h5-8,10,20H,3,9H2,1H3,(H,19,21). The summed E-state index contributed by atoms with van der Waals surface area (Å²) in [5, 5.41) is 17.8. The van der Waals surface area contributed by atoms with Gasteiger partial charge in [0.25, 0.3) is 5.56 Å². The second-order valence-electron chi connectivity index (χ2n) is 4.53. The average molecular weight is 278 g/mol. The van der Waals surface area contributed by atoms with Crippen LogP contribution in [-0.4, -0.2) is 16.7 Å². The van der Waals surface area contributed by atoms with Gasteiger partial charge in [0.1, 0.15) is 11.6 Å². The number of aliphatic hydroxyl groups is 1. The van der Waals surface area contributed by atoms with Crippen LogP contribution in [0.2, 0.25) is 0 Å². The molecule has 0 saturated carbocycles. The summed E-state index contributed by atoms with van der Waals surface area (Å²) in [4.78, 5) is 14.4. The van der Waals surface area contributed by atoms with Gasteiger partial charge in [0.05, 0.1) is 6.61 Å². The van der Waals surface area contributed by atoms with Crippen LogP contribution in [0.4, 0.5) is 0 Å². The van der Waals surface area contributed by atoms with E-state index in [1.807, 2.05) is 30.3 Å². The second kappa shape index (κ2) is 6.56. The summed E-state index contributed by atoms with van der Waals surface area (Å²) in [6, 6.07) is 11.1. The SMILES string of the molecule is Cc1cc(-c2ccc(C#CCCO)cc2)c(C#N)c(=O)[nH]1. The summed E-state index contributed by atoms with van der Waals surface area (Å²) in [6.07, 6.45) is 0.438. The Morgan fingerprint density at radius 3 is 2.62 bits per heavy atom. The molecule has 1 aromatic heterocycles. The number of rotatable bonds is 2. The van der Waals surface area contributed by atoms with Crippen LogP contribution < -0.4 is 5.56 Å². The summed E-state index contributed by atoms with van der Waals surface area (Å²) in [5.74, 6) is 5.78. The van der Waals surface area contributed by atoms with E-state index in [4.69, 9.17) is 10.4 Å². The van der Waals surface area contributed by atoms with Crippen molar-refractivity contribution in [3.05, 3.63) is 57.5 Å². The first-order valence-electron chi connectivity index (χ1n) is 6.50.